The number of benzene rings is 1. The molecule has 0 aromatic heterocycles. The Labute approximate surface area is 127 Å². The molecule has 2 aliphatic rings. The van der Waals surface area contributed by atoms with E-state index in [0.29, 0.717) is 17.7 Å². The number of carbonyl (C=O) groups is 1. The molecular formula is C18H25NO2. The van der Waals surface area contributed by atoms with E-state index in [2.05, 4.69) is 24.0 Å². The number of piperidine rings is 1. The molecule has 0 N–H and O–H groups in total. The maximum atomic E-state index is 12.3. The second kappa shape index (κ2) is 6.50. The standard InChI is InChI=1S/C18H25NO2/c1-14-7-9-17(10-8-14)21-13-15-4-3-11-19(12-15)18(20)16-5-2-6-16/h7-10,15-16H,2-6,11-13H2,1H3. The van der Waals surface area contributed by atoms with Crippen LogP contribution >= 0.6 is 0 Å². The summed E-state index contributed by atoms with van der Waals surface area (Å²) in [6, 6.07) is 8.19. The van der Waals surface area contributed by atoms with Crippen LogP contribution in [0.25, 0.3) is 0 Å². The summed E-state index contributed by atoms with van der Waals surface area (Å²) < 4.78 is 5.89. The van der Waals surface area contributed by atoms with Crippen molar-refractivity contribution in [2.75, 3.05) is 19.7 Å². The lowest BCUT2D eigenvalue weighted by Gasteiger charge is -2.37. The normalized spacial score (nSPS) is 22.7. The van der Waals surface area contributed by atoms with Gasteiger partial charge in [0, 0.05) is 24.9 Å². The lowest BCUT2D eigenvalue weighted by molar-refractivity contribution is -0.140. The van der Waals surface area contributed by atoms with Crippen molar-refractivity contribution in [3.05, 3.63) is 29.8 Å². The number of carbonyl (C=O) groups excluding carboxylic acids is 1. The minimum Gasteiger partial charge on any atom is -0.493 e. The van der Waals surface area contributed by atoms with Crippen LogP contribution in [0.2, 0.25) is 0 Å². The molecule has 1 aliphatic carbocycles. The van der Waals surface area contributed by atoms with E-state index in [9.17, 15) is 4.79 Å². The van der Waals surface area contributed by atoms with Gasteiger partial charge in [0.1, 0.15) is 5.75 Å². The van der Waals surface area contributed by atoms with Crippen LogP contribution in [0.5, 0.6) is 5.75 Å². The summed E-state index contributed by atoms with van der Waals surface area (Å²) in [5, 5.41) is 0. The van der Waals surface area contributed by atoms with Gasteiger partial charge < -0.3 is 9.64 Å². The number of hydrogen-bond acceptors (Lipinski definition) is 2. The molecule has 3 heteroatoms. The van der Waals surface area contributed by atoms with Crippen LogP contribution in [0.15, 0.2) is 24.3 Å². The Kier molecular flexibility index (Phi) is 4.47. The van der Waals surface area contributed by atoms with E-state index in [-0.39, 0.29) is 0 Å². The largest absolute Gasteiger partial charge is 0.493 e. The first kappa shape index (κ1) is 14.4. The zero-order valence-corrected chi connectivity index (χ0v) is 12.9. The topological polar surface area (TPSA) is 29.5 Å². The third kappa shape index (κ3) is 3.58. The van der Waals surface area contributed by atoms with Crippen LogP contribution in [-0.4, -0.2) is 30.5 Å². The molecule has 1 unspecified atom stereocenters. The summed E-state index contributed by atoms with van der Waals surface area (Å²) in [7, 11) is 0. The predicted octanol–water partition coefficient (Wildman–Crippen LogP) is 3.41. The molecular weight excluding hydrogens is 262 g/mol. The fraction of sp³-hybridized carbons (Fsp3) is 0.611. The van der Waals surface area contributed by atoms with Crippen LogP contribution in [0.1, 0.15) is 37.7 Å². The first-order chi connectivity index (χ1) is 10.2. The smallest absolute Gasteiger partial charge is 0.225 e. The van der Waals surface area contributed by atoms with Gasteiger partial charge in [-0.1, -0.05) is 24.1 Å². The predicted molar refractivity (Wildman–Crippen MR) is 83.3 cm³/mol. The molecule has 3 rings (SSSR count). The molecule has 114 valence electrons. The molecule has 21 heavy (non-hydrogen) atoms. The van der Waals surface area contributed by atoms with Gasteiger partial charge in [0.25, 0.3) is 0 Å². The fourth-order valence-electron chi connectivity index (χ4n) is 3.16. The van der Waals surface area contributed by atoms with E-state index >= 15 is 0 Å². The van der Waals surface area contributed by atoms with Gasteiger partial charge >= 0.3 is 0 Å². The second-order valence-electron chi connectivity index (χ2n) is 6.54. The Morgan fingerprint density at radius 2 is 1.95 bits per heavy atom. The van der Waals surface area contributed by atoms with E-state index < -0.39 is 0 Å². The molecule has 0 spiro atoms. The van der Waals surface area contributed by atoms with Crippen LogP contribution in [0.3, 0.4) is 0 Å². The van der Waals surface area contributed by atoms with Crippen molar-refractivity contribution in [3.63, 3.8) is 0 Å². The average Bonchev–Trinajstić information content (AvgIpc) is 2.45. The van der Waals surface area contributed by atoms with Gasteiger partial charge in [0.2, 0.25) is 5.91 Å². The Morgan fingerprint density at radius 3 is 2.62 bits per heavy atom. The van der Waals surface area contributed by atoms with Crippen molar-refractivity contribution in [1.29, 1.82) is 0 Å². The first-order valence-corrected chi connectivity index (χ1v) is 8.20. The minimum atomic E-state index is 0.321. The van der Waals surface area contributed by atoms with Gasteiger partial charge in [-0.25, -0.2) is 0 Å². The van der Waals surface area contributed by atoms with Crippen molar-refractivity contribution in [2.24, 2.45) is 11.8 Å². The van der Waals surface area contributed by atoms with Gasteiger partial charge in [-0.3, -0.25) is 4.79 Å². The monoisotopic (exact) mass is 287 g/mol. The number of nitrogens with zero attached hydrogens (tertiary/aromatic N) is 1. The van der Waals surface area contributed by atoms with Crippen molar-refractivity contribution in [1.82, 2.24) is 4.90 Å². The highest BCUT2D eigenvalue weighted by Crippen LogP contribution is 2.30. The van der Waals surface area contributed by atoms with E-state index in [4.69, 9.17) is 4.74 Å². The molecule has 1 aromatic carbocycles. The van der Waals surface area contributed by atoms with Crippen molar-refractivity contribution < 1.29 is 9.53 Å². The highest BCUT2D eigenvalue weighted by molar-refractivity contribution is 5.79. The number of aryl methyl sites for hydroxylation is 1. The molecule has 2 fully saturated rings. The Bertz CT molecular complexity index is 478. The second-order valence-corrected chi connectivity index (χ2v) is 6.54. The SMILES string of the molecule is Cc1ccc(OCC2CCCN(C(=O)C3CCC3)C2)cc1. The first-order valence-electron chi connectivity index (χ1n) is 8.20. The highest BCUT2D eigenvalue weighted by Gasteiger charge is 2.32. The number of rotatable bonds is 4. The molecule has 1 saturated carbocycles. The quantitative estimate of drug-likeness (QED) is 0.849. The van der Waals surface area contributed by atoms with Crippen molar-refractivity contribution in [2.45, 2.75) is 39.0 Å². The molecule has 1 amide bonds. The maximum absolute atomic E-state index is 12.3. The molecule has 1 atom stereocenters. The van der Waals surface area contributed by atoms with Crippen LogP contribution in [-0.2, 0) is 4.79 Å². The molecule has 3 nitrogen and oxygen atoms in total. The number of ether oxygens (including phenoxy) is 1. The Morgan fingerprint density at radius 1 is 1.19 bits per heavy atom. The van der Waals surface area contributed by atoms with Crippen molar-refractivity contribution >= 4 is 5.91 Å². The summed E-state index contributed by atoms with van der Waals surface area (Å²) in [5.74, 6) is 2.12. The lowest BCUT2D eigenvalue weighted by Crippen LogP contribution is -2.45. The fourth-order valence-corrected chi connectivity index (χ4v) is 3.16. The number of amides is 1. The zero-order chi connectivity index (χ0) is 14.7. The minimum absolute atomic E-state index is 0.321. The van der Waals surface area contributed by atoms with Crippen molar-refractivity contribution in [3.8, 4) is 5.75 Å². The average molecular weight is 287 g/mol. The van der Waals surface area contributed by atoms with E-state index in [1.165, 1.54) is 18.4 Å². The highest BCUT2D eigenvalue weighted by atomic mass is 16.5. The number of likely N-dealkylation sites (tertiary alicyclic amines) is 1. The molecule has 1 heterocycles. The molecule has 1 aliphatic heterocycles. The van der Waals surface area contributed by atoms with Gasteiger partial charge in [-0.05, 0) is 44.7 Å². The molecule has 0 radical (unpaired) electrons. The van der Waals surface area contributed by atoms with E-state index in [0.717, 1.165) is 44.7 Å². The van der Waals surface area contributed by atoms with Gasteiger partial charge in [0.05, 0.1) is 6.61 Å². The molecule has 0 bridgehead atoms. The van der Waals surface area contributed by atoms with Gasteiger partial charge in [-0.2, -0.15) is 0 Å². The third-order valence-electron chi connectivity index (χ3n) is 4.79. The van der Waals surface area contributed by atoms with E-state index in [1.54, 1.807) is 0 Å². The Balaban J connectivity index is 1.49. The third-order valence-corrected chi connectivity index (χ3v) is 4.79. The summed E-state index contributed by atoms with van der Waals surface area (Å²) in [4.78, 5) is 14.4. The summed E-state index contributed by atoms with van der Waals surface area (Å²) >= 11 is 0. The van der Waals surface area contributed by atoms with Crippen LogP contribution in [0, 0.1) is 18.8 Å². The molecule has 1 saturated heterocycles. The van der Waals surface area contributed by atoms with Crippen LogP contribution < -0.4 is 4.74 Å². The molecule has 1 aromatic rings. The summed E-state index contributed by atoms with van der Waals surface area (Å²) in [6.07, 6.45) is 5.70. The van der Waals surface area contributed by atoms with Gasteiger partial charge in [0.15, 0.2) is 0 Å². The summed E-state index contributed by atoms with van der Waals surface area (Å²) in [5.41, 5.74) is 1.25. The maximum Gasteiger partial charge on any atom is 0.225 e. The van der Waals surface area contributed by atoms with Gasteiger partial charge in [-0.15, -0.1) is 0 Å². The van der Waals surface area contributed by atoms with Crippen LogP contribution in [0.4, 0.5) is 0 Å². The lowest BCUT2D eigenvalue weighted by atomic mass is 9.83. The zero-order valence-electron chi connectivity index (χ0n) is 12.9. The number of hydrogen-bond donors (Lipinski definition) is 0. The van der Waals surface area contributed by atoms with E-state index in [1.807, 2.05) is 12.1 Å². The Hall–Kier alpha value is -1.51. The summed E-state index contributed by atoms with van der Waals surface area (Å²) in [6.45, 7) is 4.62.